The van der Waals surface area contributed by atoms with Crippen LogP contribution < -0.4 is 5.32 Å². The Morgan fingerprint density at radius 1 is 1.17 bits per heavy atom. The largest absolute Gasteiger partial charge is 0.339 e. The summed E-state index contributed by atoms with van der Waals surface area (Å²) in [4.78, 5) is 25.1. The first-order valence-electron chi connectivity index (χ1n) is 9.61. The van der Waals surface area contributed by atoms with Gasteiger partial charge in [0.25, 0.3) is 15.9 Å². The normalized spacial score (nSPS) is 17.6. The first kappa shape index (κ1) is 20.2. The van der Waals surface area contributed by atoms with Crippen LogP contribution in [0.4, 0.5) is 5.82 Å². The smallest absolute Gasteiger partial charge is 0.275 e. The Bertz CT molecular complexity index is 1150. The number of amides is 1. The Morgan fingerprint density at radius 2 is 2.03 bits per heavy atom. The van der Waals surface area contributed by atoms with Crippen LogP contribution in [0.5, 0.6) is 0 Å². The molecule has 156 valence electrons. The second-order valence-corrected chi connectivity index (χ2v) is 9.08. The van der Waals surface area contributed by atoms with E-state index in [0.29, 0.717) is 31.0 Å². The quantitative estimate of drug-likeness (QED) is 0.668. The molecule has 0 aromatic carbocycles. The van der Waals surface area contributed by atoms with Gasteiger partial charge in [0.1, 0.15) is 11.5 Å². The molecular formula is C20H22N6O3S. The van der Waals surface area contributed by atoms with Crippen LogP contribution in [-0.2, 0) is 17.1 Å². The van der Waals surface area contributed by atoms with Crippen LogP contribution in [0.15, 0.2) is 60.1 Å². The number of imidazole rings is 1. The number of aromatic nitrogens is 4. The fourth-order valence-electron chi connectivity index (χ4n) is 3.48. The molecule has 1 amide bonds. The van der Waals surface area contributed by atoms with Gasteiger partial charge in [-0.1, -0.05) is 12.1 Å². The lowest BCUT2D eigenvalue weighted by Crippen LogP contribution is -2.39. The first-order valence-corrected chi connectivity index (χ1v) is 11.0. The lowest BCUT2D eigenvalue weighted by molar-refractivity contribution is 0.102. The molecule has 1 atom stereocenters. The minimum absolute atomic E-state index is 0.0436. The standard InChI is InChI=1S/C20H22N6O3S/c1-25-13-19(22-14-25)30(28,29)26-11-5-6-15(12-26)16-7-4-8-17(23-16)20(27)24-18-9-2-3-10-21-18/h2-4,7-10,13-15H,5-6,11-12H2,1H3,(H,21,24,27). The number of carbonyl (C=O) groups is 1. The predicted molar refractivity (Wildman–Crippen MR) is 110 cm³/mol. The van der Waals surface area contributed by atoms with Crippen LogP contribution >= 0.6 is 0 Å². The number of sulfonamides is 1. The van der Waals surface area contributed by atoms with Gasteiger partial charge in [-0.2, -0.15) is 4.31 Å². The van der Waals surface area contributed by atoms with Crippen molar-refractivity contribution in [2.45, 2.75) is 23.8 Å². The van der Waals surface area contributed by atoms with Crippen molar-refractivity contribution < 1.29 is 13.2 Å². The van der Waals surface area contributed by atoms with E-state index in [1.807, 2.05) is 6.07 Å². The summed E-state index contributed by atoms with van der Waals surface area (Å²) in [5.41, 5.74) is 0.965. The summed E-state index contributed by atoms with van der Waals surface area (Å²) >= 11 is 0. The summed E-state index contributed by atoms with van der Waals surface area (Å²) in [6.45, 7) is 0.743. The molecule has 30 heavy (non-hydrogen) atoms. The Morgan fingerprint density at radius 3 is 2.77 bits per heavy atom. The summed E-state index contributed by atoms with van der Waals surface area (Å²) in [6.07, 6.45) is 6.08. The van der Waals surface area contributed by atoms with E-state index in [0.717, 1.165) is 6.42 Å². The molecule has 10 heteroatoms. The van der Waals surface area contributed by atoms with E-state index in [1.54, 1.807) is 48.1 Å². The van der Waals surface area contributed by atoms with E-state index in [4.69, 9.17) is 0 Å². The van der Waals surface area contributed by atoms with Crippen molar-refractivity contribution in [3.05, 3.63) is 66.5 Å². The van der Waals surface area contributed by atoms with Crippen LogP contribution in [0.1, 0.15) is 34.9 Å². The molecule has 4 rings (SSSR count). The molecule has 1 fully saturated rings. The summed E-state index contributed by atoms with van der Waals surface area (Å²) in [6, 6.07) is 10.5. The van der Waals surface area contributed by atoms with Gasteiger partial charge in [-0.3, -0.25) is 4.79 Å². The number of nitrogens with one attached hydrogen (secondary N) is 1. The first-order chi connectivity index (χ1) is 14.4. The second kappa shape index (κ2) is 8.33. The van der Waals surface area contributed by atoms with E-state index in [-0.39, 0.29) is 22.5 Å². The van der Waals surface area contributed by atoms with Crippen LogP contribution in [0.3, 0.4) is 0 Å². The maximum atomic E-state index is 12.9. The van der Waals surface area contributed by atoms with E-state index in [2.05, 4.69) is 20.3 Å². The molecule has 0 saturated carbocycles. The maximum absolute atomic E-state index is 12.9. The van der Waals surface area contributed by atoms with Crippen molar-refractivity contribution in [1.82, 2.24) is 23.8 Å². The Balaban J connectivity index is 1.51. The molecule has 0 bridgehead atoms. The van der Waals surface area contributed by atoms with Gasteiger partial charge in [-0.25, -0.2) is 23.4 Å². The van der Waals surface area contributed by atoms with E-state index in [1.165, 1.54) is 16.8 Å². The SMILES string of the molecule is Cn1cnc(S(=O)(=O)N2CCCC(c3cccc(C(=O)Nc4ccccn4)n3)C2)c1. The Labute approximate surface area is 174 Å². The highest BCUT2D eigenvalue weighted by molar-refractivity contribution is 7.89. The Kier molecular flexibility index (Phi) is 5.60. The molecule has 3 aromatic rings. The molecular weight excluding hydrogens is 404 g/mol. The van der Waals surface area contributed by atoms with Gasteiger partial charge in [0.2, 0.25) is 0 Å². The number of piperidine rings is 1. The average Bonchev–Trinajstić information content (AvgIpc) is 3.22. The monoisotopic (exact) mass is 426 g/mol. The number of pyridine rings is 2. The molecule has 3 aromatic heterocycles. The van der Waals surface area contributed by atoms with Gasteiger partial charge in [0.15, 0.2) is 5.03 Å². The summed E-state index contributed by atoms with van der Waals surface area (Å²) in [7, 11) is -1.93. The second-order valence-electron chi connectivity index (χ2n) is 7.20. The number of rotatable bonds is 5. The zero-order valence-electron chi connectivity index (χ0n) is 16.5. The number of aryl methyl sites for hydroxylation is 1. The van der Waals surface area contributed by atoms with Crippen LogP contribution in [-0.4, -0.2) is 51.2 Å². The molecule has 0 spiro atoms. The Hall–Kier alpha value is -3.11. The fraction of sp³-hybridized carbons (Fsp3) is 0.300. The minimum atomic E-state index is -3.66. The van der Waals surface area contributed by atoms with Crippen molar-refractivity contribution in [3.8, 4) is 0 Å². The summed E-state index contributed by atoms with van der Waals surface area (Å²) in [5, 5.41) is 2.76. The van der Waals surface area contributed by atoms with E-state index < -0.39 is 10.0 Å². The van der Waals surface area contributed by atoms with Gasteiger partial charge >= 0.3 is 0 Å². The van der Waals surface area contributed by atoms with E-state index in [9.17, 15) is 13.2 Å². The van der Waals surface area contributed by atoms with Crippen molar-refractivity contribution in [3.63, 3.8) is 0 Å². The summed E-state index contributed by atoms with van der Waals surface area (Å²) in [5.74, 6) is -0.0100. The van der Waals surface area contributed by atoms with Crippen LogP contribution in [0.2, 0.25) is 0 Å². The highest BCUT2D eigenvalue weighted by Crippen LogP contribution is 2.29. The molecule has 9 nitrogen and oxygen atoms in total. The highest BCUT2D eigenvalue weighted by atomic mass is 32.2. The number of hydrogen-bond donors (Lipinski definition) is 1. The van der Waals surface area contributed by atoms with Gasteiger partial charge in [0.05, 0.1) is 6.33 Å². The third-order valence-corrected chi connectivity index (χ3v) is 6.75. The van der Waals surface area contributed by atoms with Gasteiger partial charge in [-0.05, 0) is 37.1 Å². The van der Waals surface area contributed by atoms with Crippen LogP contribution in [0, 0.1) is 0 Å². The molecule has 4 heterocycles. The predicted octanol–water partition coefficient (Wildman–Crippen LogP) is 2.03. The number of anilines is 1. The lowest BCUT2D eigenvalue weighted by Gasteiger charge is -2.31. The van der Waals surface area contributed by atoms with E-state index >= 15 is 0 Å². The van der Waals surface area contributed by atoms with Crippen molar-refractivity contribution in [2.75, 3.05) is 18.4 Å². The zero-order chi connectivity index (χ0) is 21.1. The molecule has 0 aliphatic carbocycles. The van der Waals surface area contributed by atoms with Crippen molar-refractivity contribution >= 4 is 21.7 Å². The molecule has 1 unspecified atom stereocenters. The molecule has 1 aliphatic heterocycles. The number of nitrogens with zero attached hydrogens (tertiary/aromatic N) is 5. The third kappa shape index (κ3) is 4.24. The maximum Gasteiger partial charge on any atom is 0.275 e. The zero-order valence-corrected chi connectivity index (χ0v) is 17.3. The number of hydrogen-bond acceptors (Lipinski definition) is 6. The van der Waals surface area contributed by atoms with Gasteiger partial charge in [0, 0.05) is 44.1 Å². The third-order valence-electron chi connectivity index (χ3n) is 5.00. The van der Waals surface area contributed by atoms with Crippen molar-refractivity contribution in [1.29, 1.82) is 0 Å². The molecule has 1 N–H and O–H groups in total. The topological polar surface area (TPSA) is 110 Å². The average molecular weight is 427 g/mol. The highest BCUT2D eigenvalue weighted by Gasteiger charge is 2.33. The molecule has 1 saturated heterocycles. The van der Waals surface area contributed by atoms with Crippen molar-refractivity contribution in [2.24, 2.45) is 7.05 Å². The lowest BCUT2D eigenvalue weighted by atomic mass is 9.95. The molecule has 0 radical (unpaired) electrons. The summed E-state index contributed by atoms with van der Waals surface area (Å²) < 4.78 is 28.9. The number of carbonyl (C=O) groups excluding carboxylic acids is 1. The van der Waals surface area contributed by atoms with Crippen LogP contribution in [0.25, 0.3) is 0 Å². The minimum Gasteiger partial charge on any atom is -0.339 e. The van der Waals surface area contributed by atoms with Gasteiger partial charge < -0.3 is 9.88 Å². The fourth-order valence-corrected chi connectivity index (χ4v) is 4.97. The molecule has 1 aliphatic rings. The van der Waals surface area contributed by atoms with Gasteiger partial charge in [-0.15, -0.1) is 0 Å².